The minimum atomic E-state index is 0.00512. The van der Waals surface area contributed by atoms with E-state index in [1.165, 1.54) is 0 Å². The maximum absolute atomic E-state index is 5.48. The van der Waals surface area contributed by atoms with E-state index < -0.39 is 0 Å². The third-order valence-corrected chi connectivity index (χ3v) is 2.70. The molecule has 1 N–H and O–H groups in total. The second kappa shape index (κ2) is 5.85. The zero-order valence-electron chi connectivity index (χ0n) is 8.26. The highest BCUT2D eigenvalue weighted by Crippen LogP contribution is 2.22. The molecule has 1 aromatic carbocycles. The molecule has 0 amide bonds. The van der Waals surface area contributed by atoms with Crippen LogP contribution in [-0.4, -0.2) is 6.54 Å². The molecule has 0 heterocycles. The summed E-state index contributed by atoms with van der Waals surface area (Å²) in [5.41, 5.74) is 1.13. The Morgan fingerprint density at radius 1 is 1.50 bits per heavy atom. The second-order valence-corrected chi connectivity index (χ2v) is 3.93. The molecule has 0 saturated carbocycles. The van der Waals surface area contributed by atoms with Gasteiger partial charge in [0.1, 0.15) is 0 Å². The van der Waals surface area contributed by atoms with Crippen molar-refractivity contribution in [1.29, 1.82) is 0 Å². The molecule has 1 unspecified atom stereocenters. The lowest BCUT2D eigenvalue weighted by atomic mass is 10.1. The summed E-state index contributed by atoms with van der Waals surface area (Å²) in [5, 5.41) is 3.31. The van der Waals surface area contributed by atoms with Gasteiger partial charge >= 0.3 is 0 Å². The summed E-state index contributed by atoms with van der Waals surface area (Å²) in [6, 6.07) is 8.04. The Bertz CT molecular complexity index is 327. The van der Waals surface area contributed by atoms with Crippen molar-refractivity contribution in [2.24, 2.45) is 0 Å². The maximum Gasteiger partial charge on any atom is 0.0954 e. The molecule has 1 aromatic rings. The van der Waals surface area contributed by atoms with E-state index in [1.54, 1.807) is 0 Å². The SMILES string of the molecule is C#CC(NCCC)c1ccccc1Br. The molecule has 0 spiro atoms. The fourth-order valence-corrected chi connectivity index (χ4v) is 1.77. The van der Waals surface area contributed by atoms with Gasteiger partial charge in [0.2, 0.25) is 0 Å². The largest absolute Gasteiger partial charge is 0.300 e. The van der Waals surface area contributed by atoms with Gasteiger partial charge in [0.05, 0.1) is 6.04 Å². The highest BCUT2D eigenvalue weighted by atomic mass is 79.9. The van der Waals surface area contributed by atoms with Crippen molar-refractivity contribution in [3.05, 3.63) is 34.3 Å². The van der Waals surface area contributed by atoms with Gasteiger partial charge in [-0.25, -0.2) is 0 Å². The molecule has 1 nitrogen and oxygen atoms in total. The molecule has 0 saturated heterocycles. The standard InChI is InChI=1S/C12H14BrN/c1-3-9-14-12(4-2)10-7-5-6-8-11(10)13/h2,5-8,12,14H,3,9H2,1H3. The summed E-state index contributed by atoms with van der Waals surface area (Å²) in [4.78, 5) is 0. The number of nitrogens with one attached hydrogen (secondary N) is 1. The molecule has 1 atom stereocenters. The Hall–Kier alpha value is -0.780. The molecule has 0 aliphatic carbocycles. The van der Waals surface area contributed by atoms with Crippen LogP contribution in [0.2, 0.25) is 0 Å². The van der Waals surface area contributed by atoms with Gasteiger partial charge in [0.25, 0.3) is 0 Å². The first-order chi connectivity index (χ1) is 6.79. The van der Waals surface area contributed by atoms with E-state index in [2.05, 4.69) is 34.1 Å². The highest BCUT2D eigenvalue weighted by Gasteiger charge is 2.09. The molecule has 0 aliphatic heterocycles. The Morgan fingerprint density at radius 2 is 2.21 bits per heavy atom. The van der Waals surface area contributed by atoms with Crippen LogP contribution in [-0.2, 0) is 0 Å². The van der Waals surface area contributed by atoms with Crippen LogP contribution in [0.4, 0.5) is 0 Å². The molecule has 0 radical (unpaired) electrons. The van der Waals surface area contributed by atoms with E-state index in [9.17, 15) is 0 Å². The lowest BCUT2D eigenvalue weighted by Crippen LogP contribution is -2.20. The summed E-state index contributed by atoms with van der Waals surface area (Å²) in [6.07, 6.45) is 6.57. The Kier molecular flexibility index (Phi) is 4.72. The minimum absolute atomic E-state index is 0.00512. The van der Waals surface area contributed by atoms with Crippen molar-refractivity contribution in [3.8, 4) is 12.3 Å². The normalized spacial score (nSPS) is 12.1. The Morgan fingerprint density at radius 3 is 2.79 bits per heavy atom. The maximum atomic E-state index is 5.48. The number of benzene rings is 1. The predicted octanol–water partition coefficient (Wildman–Crippen LogP) is 3.12. The molecule has 0 aromatic heterocycles. The summed E-state index contributed by atoms with van der Waals surface area (Å²) in [5.74, 6) is 2.75. The van der Waals surface area contributed by atoms with Gasteiger partial charge in [-0.3, -0.25) is 5.32 Å². The Balaban J connectivity index is 2.80. The van der Waals surface area contributed by atoms with Crippen LogP contribution >= 0.6 is 15.9 Å². The number of hydrogen-bond acceptors (Lipinski definition) is 1. The molecule has 14 heavy (non-hydrogen) atoms. The van der Waals surface area contributed by atoms with Gasteiger partial charge in [0.15, 0.2) is 0 Å². The first-order valence-corrected chi connectivity index (χ1v) is 5.52. The monoisotopic (exact) mass is 251 g/mol. The van der Waals surface area contributed by atoms with Gasteiger partial charge < -0.3 is 0 Å². The van der Waals surface area contributed by atoms with Crippen LogP contribution in [0.25, 0.3) is 0 Å². The zero-order chi connectivity index (χ0) is 10.4. The molecule has 1 rings (SSSR count). The number of terminal acetylenes is 1. The van der Waals surface area contributed by atoms with Crippen molar-refractivity contribution in [3.63, 3.8) is 0 Å². The summed E-state index contributed by atoms with van der Waals surface area (Å²) in [7, 11) is 0. The number of rotatable bonds is 4. The van der Waals surface area contributed by atoms with Crippen molar-refractivity contribution < 1.29 is 0 Å². The lowest BCUT2D eigenvalue weighted by Gasteiger charge is -2.14. The highest BCUT2D eigenvalue weighted by molar-refractivity contribution is 9.10. The molecule has 0 fully saturated rings. The predicted molar refractivity (Wildman–Crippen MR) is 64.0 cm³/mol. The van der Waals surface area contributed by atoms with E-state index in [0.29, 0.717) is 0 Å². The van der Waals surface area contributed by atoms with Gasteiger partial charge in [0, 0.05) is 4.47 Å². The van der Waals surface area contributed by atoms with Crippen LogP contribution < -0.4 is 5.32 Å². The average molecular weight is 252 g/mol. The van der Waals surface area contributed by atoms with E-state index in [1.807, 2.05) is 24.3 Å². The molecule has 0 aliphatic rings. The molecule has 0 bridgehead atoms. The van der Waals surface area contributed by atoms with Crippen LogP contribution in [0.1, 0.15) is 24.9 Å². The van der Waals surface area contributed by atoms with Crippen LogP contribution in [0.5, 0.6) is 0 Å². The third kappa shape index (κ3) is 2.87. The smallest absolute Gasteiger partial charge is 0.0954 e. The molecule has 2 heteroatoms. The zero-order valence-corrected chi connectivity index (χ0v) is 9.84. The summed E-state index contributed by atoms with van der Waals surface area (Å²) >= 11 is 3.49. The number of hydrogen-bond donors (Lipinski definition) is 1. The Labute approximate surface area is 94.0 Å². The van der Waals surface area contributed by atoms with Crippen molar-refractivity contribution >= 4 is 15.9 Å². The fraction of sp³-hybridized carbons (Fsp3) is 0.333. The van der Waals surface area contributed by atoms with Gasteiger partial charge in [-0.1, -0.05) is 47.0 Å². The van der Waals surface area contributed by atoms with Crippen LogP contribution in [0, 0.1) is 12.3 Å². The first-order valence-electron chi connectivity index (χ1n) is 4.73. The van der Waals surface area contributed by atoms with Crippen molar-refractivity contribution in [2.45, 2.75) is 19.4 Å². The molecule has 74 valence electrons. The molecular formula is C12H14BrN. The third-order valence-electron chi connectivity index (χ3n) is 1.98. The van der Waals surface area contributed by atoms with E-state index in [0.717, 1.165) is 23.0 Å². The summed E-state index contributed by atoms with van der Waals surface area (Å²) in [6.45, 7) is 3.07. The van der Waals surface area contributed by atoms with E-state index in [-0.39, 0.29) is 6.04 Å². The van der Waals surface area contributed by atoms with Crippen molar-refractivity contribution in [1.82, 2.24) is 5.32 Å². The van der Waals surface area contributed by atoms with Gasteiger partial charge in [-0.15, -0.1) is 6.42 Å². The first kappa shape index (κ1) is 11.3. The minimum Gasteiger partial charge on any atom is -0.300 e. The number of halogens is 1. The van der Waals surface area contributed by atoms with Gasteiger partial charge in [-0.05, 0) is 24.6 Å². The van der Waals surface area contributed by atoms with E-state index in [4.69, 9.17) is 6.42 Å². The second-order valence-electron chi connectivity index (χ2n) is 3.08. The van der Waals surface area contributed by atoms with Crippen LogP contribution in [0.15, 0.2) is 28.7 Å². The molecular weight excluding hydrogens is 238 g/mol. The fourth-order valence-electron chi connectivity index (χ4n) is 1.26. The average Bonchev–Trinajstić information content (AvgIpc) is 2.21. The van der Waals surface area contributed by atoms with Crippen LogP contribution in [0.3, 0.4) is 0 Å². The lowest BCUT2D eigenvalue weighted by molar-refractivity contribution is 0.625. The van der Waals surface area contributed by atoms with Gasteiger partial charge in [-0.2, -0.15) is 0 Å². The van der Waals surface area contributed by atoms with E-state index >= 15 is 0 Å². The van der Waals surface area contributed by atoms with Crippen molar-refractivity contribution in [2.75, 3.05) is 6.54 Å². The summed E-state index contributed by atoms with van der Waals surface area (Å²) < 4.78 is 1.06. The topological polar surface area (TPSA) is 12.0 Å². The quantitative estimate of drug-likeness (QED) is 0.812.